The van der Waals surface area contributed by atoms with Gasteiger partial charge in [0.1, 0.15) is 36.3 Å². The molecule has 0 radical (unpaired) electrons. The Morgan fingerprint density at radius 3 is 1.76 bits per heavy atom. The Kier molecular flexibility index (Phi) is 16.3. The number of aromatic amines is 1. The van der Waals surface area contributed by atoms with E-state index in [4.69, 9.17) is 0 Å². The van der Waals surface area contributed by atoms with Gasteiger partial charge in [-0.2, -0.15) is 0 Å². The summed E-state index contributed by atoms with van der Waals surface area (Å²) in [7, 11) is 0. The minimum Gasteiger partial charge on any atom is -0.481 e. The Morgan fingerprint density at radius 1 is 0.636 bits per heavy atom. The summed E-state index contributed by atoms with van der Waals surface area (Å²) in [5.74, 6) is -9.78. The van der Waals surface area contributed by atoms with Gasteiger partial charge >= 0.3 is 11.9 Å². The van der Waals surface area contributed by atoms with Crippen LogP contribution in [0.15, 0.2) is 78.3 Å². The van der Waals surface area contributed by atoms with Crippen molar-refractivity contribution in [1.29, 1.82) is 0 Å². The number of aliphatic carboxylic acids is 2. The molecule has 66 heavy (non-hydrogen) atoms. The average Bonchev–Trinajstić information content (AvgIpc) is 3.97. The number of fused-ring (bicyclic) bond motifs is 1. The van der Waals surface area contributed by atoms with Gasteiger partial charge in [0.05, 0.1) is 19.3 Å². The smallest absolute Gasteiger partial charge is 0.305 e. The van der Waals surface area contributed by atoms with Crippen LogP contribution in [0.3, 0.4) is 0 Å². The summed E-state index contributed by atoms with van der Waals surface area (Å²) in [6, 6.07) is 10.3. The van der Waals surface area contributed by atoms with Crippen molar-refractivity contribution < 1.29 is 53.4 Å². The molecule has 2 aromatic carbocycles. The number of benzene rings is 2. The Bertz CT molecular complexity index is 2420. The van der Waals surface area contributed by atoms with Gasteiger partial charge in [0.25, 0.3) is 0 Å². The van der Waals surface area contributed by atoms with E-state index < -0.39 is 109 Å². The van der Waals surface area contributed by atoms with E-state index in [1.165, 1.54) is 4.90 Å². The molecule has 7 amide bonds. The fraction of sp³-hybridized carbons (Fsp3) is 0.413. The van der Waals surface area contributed by atoms with Crippen molar-refractivity contribution in [1.82, 2.24) is 41.8 Å². The average molecular weight is 927 g/mol. The molecule has 0 bridgehead atoms. The molecule has 2 aliphatic heterocycles. The molecule has 2 aromatic heterocycles. The number of H-pyrrole nitrogens is 1. The lowest BCUT2D eigenvalue weighted by Gasteiger charge is -2.33. The molecule has 9 N–H and O–H groups in total. The molecule has 4 heterocycles. The highest BCUT2D eigenvalue weighted by atomic mass is 32.1. The summed E-state index contributed by atoms with van der Waals surface area (Å²) in [6.45, 7) is 4.19. The number of carboxylic acids is 2. The van der Waals surface area contributed by atoms with Gasteiger partial charge in [-0.1, -0.05) is 68.4 Å². The largest absolute Gasteiger partial charge is 0.481 e. The molecule has 4 aromatic rings. The zero-order valence-corrected chi connectivity index (χ0v) is 37.2. The Labute approximate surface area is 383 Å². The number of rotatable bonds is 12. The molecule has 0 aliphatic carbocycles. The number of likely N-dealkylation sites (tertiary alicyclic amines) is 1. The van der Waals surface area contributed by atoms with E-state index in [-0.39, 0.29) is 24.7 Å². The van der Waals surface area contributed by atoms with Crippen molar-refractivity contribution in [3.8, 4) is 0 Å². The second-order valence-electron chi connectivity index (χ2n) is 16.9. The molecule has 6 atom stereocenters. The molecule has 0 saturated carbocycles. The first-order chi connectivity index (χ1) is 31.6. The van der Waals surface area contributed by atoms with Gasteiger partial charge in [-0.15, -0.1) is 11.3 Å². The monoisotopic (exact) mass is 926 g/mol. The standard InChI is InChI=1S/C46H54N8O11S/c1-25(2)19-31-41(60)48-32(20-28-24-47-30-12-7-6-11-29(28)30)42(61)50-34(22-38(56)57)44(63)49-33(21-37(55)54-16-14-27(15-17-54)26-9-4-3-5-10-26)43(62)51-35(23-39(58)59)45(64)53-40(46(65)52-31)36-13-8-18-66-36/h3-13,18,24-25,27,31-35,40,47H,14-17,19-23H2,1-2H3,(H,48,60)(H,49,63)(H,50,61)(H,51,62)(H,52,65)(H,53,64)(H,56,57)(H,58,59)/t31-,32+,33-,34+,35-,40+/m0/s1. The lowest BCUT2D eigenvalue weighted by Crippen LogP contribution is -2.61. The van der Waals surface area contributed by atoms with Crippen molar-refractivity contribution in [3.63, 3.8) is 0 Å². The number of amides is 7. The van der Waals surface area contributed by atoms with E-state index in [0.29, 0.717) is 41.8 Å². The van der Waals surface area contributed by atoms with E-state index in [1.807, 2.05) is 30.3 Å². The minimum atomic E-state index is -1.88. The van der Waals surface area contributed by atoms with Crippen LogP contribution in [0.2, 0.25) is 0 Å². The summed E-state index contributed by atoms with van der Waals surface area (Å²) in [5.41, 5.74) is 2.40. The fourth-order valence-electron chi connectivity index (χ4n) is 8.21. The molecule has 0 spiro atoms. The highest BCUT2D eigenvalue weighted by Crippen LogP contribution is 2.28. The lowest BCUT2D eigenvalue weighted by molar-refractivity contribution is -0.143. The molecular weight excluding hydrogens is 873 g/mol. The van der Waals surface area contributed by atoms with Crippen molar-refractivity contribution in [2.75, 3.05) is 13.1 Å². The summed E-state index contributed by atoms with van der Waals surface area (Å²) in [6.07, 6.45) is 0.0362. The van der Waals surface area contributed by atoms with Crippen molar-refractivity contribution >= 4 is 75.5 Å². The van der Waals surface area contributed by atoms with Crippen molar-refractivity contribution in [2.45, 2.75) is 101 Å². The Balaban J connectivity index is 1.36. The molecule has 20 heteroatoms. The van der Waals surface area contributed by atoms with E-state index in [1.54, 1.807) is 61.8 Å². The quantitative estimate of drug-likeness (QED) is 0.0989. The van der Waals surface area contributed by atoms with E-state index in [9.17, 15) is 53.4 Å². The summed E-state index contributed by atoms with van der Waals surface area (Å²) >= 11 is 1.08. The number of carboxylic acid groups (broad SMARTS) is 2. The molecular formula is C46H54N8O11S. The number of para-hydroxylation sites is 1. The van der Waals surface area contributed by atoms with Crippen LogP contribution in [-0.2, 0) is 49.6 Å². The summed E-state index contributed by atoms with van der Waals surface area (Å²) in [5, 5.41) is 37.2. The summed E-state index contributed by atoms with van der Waals surface area (Å²) < 4.78 is 0. The van der Waals surface area contributed by atoms with Gasteiger partial charge in [-0.3, -0.25) is 43.2 Å². The third kappa shape index (κ3) is 12.8. The number of carbonyl (C=O) groups is 9. The second-order valence-corrected chi connectivity index (χ2v) is 17.9. The first-order valence-corrected chi connectivity index (χ1v) is 22.6. The van der Waals surface area contributed by atoms with Gasteiger partial charge in [0, 0.05) is 41.5 Å². The number of hydrogen-bond donors (Lipinski definition) is 9. The highest BCUT2D eigenvalue weighted by molar-refractivity contribution is 7.10. The van der Waals surface area contributed by atoms with Crippen LogP contribution in [0.5, 0.6) is 0 Å². The number of carbonyl (C=O) groups excluding carboxylic acids is 7. The topological polar surface area (TPSA) is 285 Å². The van der Waals surface area contributed by atoms with E-state index >= 15 is 0 Å². The molecule has 19 nitrogen and oxygen atoms in total. The van der Waals surface area contributed by atoms with Gasteiger partial charge < -0.3 is 52.0 Å². The molecule has 2 fully saturated rings. The van der Waals surface area contributed by atoms with Crippen LogP contribution < -0.4 is 31.9 Å². The van der Waals surface area contributed by atoms with E-state index in [2.05, 4.69) is 36.9 Å². The highest BCUT2D eigenvalue weighted by Gasteiger charge is 2.38. The van der Waals surface area contributed by atoms with Crippen LogP contribution in [0, 0.1) is 5.92 Å². The minimum absolute atomic E-state index is 0.0526. The van der Waals surface area contributed by atoms with Gasteiger partial charge in [0.15, 0.2) is 0 Å². The normalized spacial score (nSPS) is 23.1. The Hall–Kier alpha value is -7.09. The van der Waals surface area contributed by atoms with E-state index in [0.717, 1.165) is 22.4 Å². The second kappa shape index (κ2) is 22.2. The first-order valence-electron chi connectivity index (χ1n) is 21.7. The van der Waals surface area contributed by atoms with Crippen LogP contribution in [-0.4, -0.2) is 117 Å². The maximum Gasteiger partial charge on any atom is 0.305 e. The maximum atomic E-state index is 14.4. The third-order valence-corrected chi connectivity index (χ3v) is 12.5. The molecule has 350 valence electrons. The number of piperidine rings is 1. The maximum absolute atomic E-state index is 14.4. The molecule has 0 unspecified atom stereocenters. The van der Waals surface area contributed by atoms with Crippen molar-refractivity contribution in [3.05, 3.63) is 94.3 Å². The van der Waals surface area contributed by atoms with Crippen LogP contribution in [0.25, 0.3) is 10.9 Å². The van der Waals surface area contributed by atoms with Crippen LogP contribution in [0.1, 0.15) is 80.3 Å². The first kappa shape index (κ1) is 48.4. The zero-order valence-electron chi connectivity index (χ0n) is 36.4. The Morgan fingerprint density at radius 2 is 1.17 bits per heavy atom. The van der Waals surface area contributed by atoms with Crippen LogP contribution >= 0.6 is 11.3 Å². The molecule has 6 rings (SSSR count). The number of nitrogens with one attached hydrogen (secondary N) is 7. The molecule has 2 aliphatic rings. The van der Waals surface area contributed by atoms with Crippen LogP contribution in [0.4, 0.5) is 0 Å². The van der Waals surface area contributed by atoms with Gasteiger partial charge in [-0.25, -0.2) is 0 Å². The number of thiophene rings is 1. The number of nitrogens with zero attached hydrogens (tertiary/aromatic N) is 1. The van der Waals surface area contributed by atoms with Gasteiger partial charge in [-0.05, 0) is 59.7 Å². The van der Waals surface area contributed by atoms with Gasteiger partial charge in [0.2, 0.25) is 41.4 Å². The SMILES string of the molecule is CC(C)C[C@@H]1NC(=O)[C@@H](c2cccs2)NC(=O)[C@H](CC(=O)O)NC(=O)[C@H](CC(=O)N2CCC(c3ccccc3)CC2)NC(=O)[C@@H](CC(=O)O)NC(=O)[C@@H](Cc2c[nH]c3ccccc23)NC1=O. The number of hydrogen-bond acceptors (Lipinski definition) is 10. The van der Waals surface area contributed by atoms with Crippen molar-refractivity contribution in [2.24, 2.45) is 5.92 Å². The lowest BCUT2D eigenvalue weighted by atomic mass is 9.89. The predicted octanol–water partition coefficient (Wildman–Crippen LogP) is 1.86. The zero-order chi connectivity index (χ0) is 47.5. The molecule has 2 saturated heterocycles. The fourth-order valence-corrected chi connectivity index (χ4v) is 8.98. The third-order valence-electron chi connectivity index (χ3n) is 11.6. The number of aromatic nitrogens is 1. The predicted molar refractivity (Wildman–Crippen MR) is 240 cm³/mol. The summed E-state index contributed by atoms with van der Waals surface area (Å²) in [4.78, 5) is 128.